The highest BCUT2D eigenvalue weighted by atomic mass is 32.2. The summed E-state index contributed by atoms with van der Waals surface area (Å²) in [5, 5.41) is 2.67. The van der Waals surface area contributed by atoms with Crippen LogP contribution in [-0.4, -0.2) is 39.9 Å². The summed E-state index contributed by atoms with van der Waals surface area (Å²) >= 11 is -0.993. The second-order valence-electron chi connectivity index (χ2n) is 8.71. The molecule has 1 aliphatic heterocycles. The molecule has 0 spiro atoms. The van der Waals surface area contributed by atoms with Gasteiger partial charge in [0.25, 0.3) is 11.5 Å². The predicted octanol–water partition coefficient (Wildman–Crippen LogP) is 2.16. The lowest BCUT2D eigenvalue weighted by Gasteiger charge is -2.28. The Labute approximate surface area is 180 Å². The van der Waals surface area contributed by atoms with Crippen molar-refractivity contribution in [3.05, 3.63) is 33.2 Å². The first-order valence-electron chi connectivity index (χ1n) is 10.8. The zero-order valence-corrected chi connectivity index (χ0v) is 18.9. The molecule has 1 amide bonds. The van der Waals surface area contributed by atoms with Gasteiger partial charge < -0.3 is 19.2 Å². The zero-order chi connectivity index (χ0) is 21.8. The molecule has 1 saturated carbocycles. The molecule has 166 valence electrons. The molecule has 1 aliphatic carbocycles. The van der Waals surface area contributed by atoms with Crippen molar-refractivity contribution in [3.8, 4) is 0 Å². The van der Waals surface area contributed by atoms with Gasteiger partial charge in [-0.05, 0) is 41.9 Å². The first-order valence-corrected chi connectivity index (χ1v) is 12.3. The fourth-order valence-corrected chi connectivity index (χ4v) is 5.63. The van der Waals surface area contributed by atoms with Crippen molar-refractivity contribution in [2.45, 2.75) is 70.7 Å². The fourth-order valence-electron chi connectivity index (χ4n) is 4.46. The summed E-state index contributed by atoms with van der Waals surface area (Å²) in [4.78, 5) is 38.4. The Morgan fingerprint density at radius 1 is 1.30 bits per heavy atom. The molecule has 1 N–H and O–H groups in total. The van der Waals surface area contributed by atoms with Gasteiger partial charge in [0.05, 0.1) is 7.11 Å². The van der Waals surface area contributed by atoms with Gasteiger partial charge in [-0.15, -0.1) is 0 Å². The summed E-state index contributed by atoms with van der Waals surface area (Å²) < 4.78 is 18.7. The fraction of sp³-hybridized carbons (Fsp3) is 0.682. The molecular formula is C22H32N2O5S. The normalized spacial score (nSPS) is 20.5. The van der Waals surface area contributed by atoms with Crippen LogP contribution >= 0.6 is 0 Å². The van der Waals surface area contributed by atoms with Gasteiger partial charge in [0.2, 0.25) is 0 Å². The van der Waals surface area contributed by atoms with Gasteiger partial charge in [-0.1, -0.05) is 33.1 Å². The van der Waals surface area contributed by atoms with E-state index in [1.54, 1.807) is 24.5 Å². The van der Waals surface area contributed by atoms with E-state index in [2.05, 4.69) is 5.32 Å². The second kappa shape index (κ2) is 10.0. The maximum Gasteiger partial charge on any atom is 0.328 e. The van der Waals surface area contributed by atoms with Gasteiger partial charge in [0, 0.05) is 24.2 Å². The van der Waals surface area contributed by atoms with E-state index in [4.69, 9.17) is 4.74 Å². The van der Waals surface area contributed by atoms with Crippen molar-refractivity contribution in [2.24, 2.45) is 11.8 Å². The number of pyridine rings is 1. The molecule has 2 aliphatic rings. The standard InChI is InChI=1S/C22H32N2O5S/c1-14(2)19(22(27)29-3)23-20(25)17-11-16-13-30(28)10-9-18(16)24(21(17)26)12-15-7-5-4-6-8-15/h11,14-15,19H,4-10,12-13H2,1-3H3,(H,23,25)/t19-,30?/m0/s1. The van der Waals surface area contributed by atoms with Gasteiger partial charge in [0.1, 0.15) is 23.1 Å². The molecule has 0 radical (unpaired) electrons. The van der Waals surface area contributed by atoms with Gasteiger partial charge in [0.15, 0.2) is 0 Å². The third kappa shape index (κ3) is 5.09. The molecule has 1 aromatic rings. The number of rotatable bonds is 6. The molecule has 1 unspecified atom stereocenters. The average Bonchev–Trinajstić information content (AvgIpc) is 2.73. The van der Waals surface area contributed by atoms with E-state index in [9.17, 15) is 18.9 Å². The third-order valence-corrected chi connectivity index (χ3v) is 7.48. The Morgan fingerprint density at radius 3 is 2.63 bits per heavy atom. The average molecular weight is 437 g/mol. The highest BCUT2D eigenvalue weighted by molar-refractivity contribution is 7.90. The molecule has 1 fully saturated rings. The quantitative estimate of drug-likeness (QED) is 0.544. The van der Waals surface area contributed by atoms with E-state index >= 15 is 0 Å². The second-order valence-corrected chi connectivity index (χ2v) is 10.3. The van der Waals surface area contributed by atoms with Crippen molar-refractivity contribution in [3.63, 3.8) is 0 Å². The van der Waals surface area contributed by atoms with Crippen LogP contribution in [0, 0.1) is 11.8 Å². The minimum atomic E-state index is -0.993. The van der Waals surface area contributed by atoms with E-state index in [1.807, 2.05) is 0 Å². The predicted molar refractivity (Wildman–Crippen MR) is 116 cm³/mol. The van der Waals surface area contributed by atoms with Gasteiger partial charge in [-0.2, -0.15) is 0 Å². The molecule has 0 bridgehead atoms. The van der Waals surface area contributed by atoms with Crippen molar-refractivity contribution < 1.29 is 18.9 Å². The monoisotopic (exact) mass is 436 g/mol. The Kier molecular flexibility index (Phi) is 7.63. The lowest BCUT2D eigenvalue weighted by Crippen LogP contribution is -2.47. The van der Waals surface area contributed by atoms with Crippen LogP contribution in [0.3, 0.4) is 0 Å². The summed E-state index contributed by atoms with van der Waals surface area (Å²) in [6.07, 6.45) is 6.32. The number of hydrogen-bond donors (Lipinski definition) is 1. The minimum Gasteiger partial charge on any atom is -0.616 e. The van der Waals surface area contributed by atoms with Crippen molar-refractivity contribution >= 4 is 23.1 Å². The Balaban J connectivity index is 1.96. The van der Waals surface area contributed by atoms with Gasteiger partial charge in [-0.3, -0.25) is 9.59 Å². The SMILES string of the molecule is COC(=O)[C@@H](NC(=O)c1cc2c(n(CC3CCCCC3)c1=O)CC[S+]([O-])C2)C(C)C. The van der Waals surface area contributed by atoms with Crippen LogP contribution in [0.1, 0.15) is 67.6 Å². The first-order chi connectivity index (χ1) is 14.3. The van der Waals surface area contributed by atoms with Crippen LogP contribution in [0.2, 0.25) is 0 Å². The number of hydrogen-bond acceptors (Lipinski definition) is 5. The number of nitrogens with zero attached hydrogens (tertiary/aromatic N) is 1. The summed E-state index contributed by atoms with van der Waals surface area (Å²) in [7, 11) is 1.27. The summed E-state index contributed by atoms with van der Waals surface area (Å²) in [6, 6.07) is 0.745. The molecule has 2 heterocycles. The number of amides is 1. The number of nitrogens with one attached hydrogen (secondary N) is 1. The van der Waals surface area contributed by atoms with Gasteiger partial charge in [-0.25, -0.2) is 4.79 Å². The first kappa shape index (κ1) is 22.9. The van der Waals surface area contributed by atoms with Crippen LogP contribution < -0.4 is 10.9 Å². The highest BCUT2D eigenvalue weighted by Crippen LogP contribution is 2.27. The van der Waals surface area contributed by atoms with Crippen LogP contribution in [0.5, 0.6) is 0 Å². The highest BCUT2D eigenvalue weighted by Gasteiger charge is 2.30. The number of ether oxygens (including phenoxy) is 1. The molecule has 8 heteroatoms. The lowest BCUT2D eigenvalue weighted by molar-refractivity contribution is -0.144. The number of esters is 1. The molecule has 7 nitrogen and oxygen atoms in total. The van der Waals surface area contributed by atoms with Crippen molar-refractivity contribution in [2.75, 3.05) is 12.9 Å². The summed E-state index contributed by atoms with van der Waals surface area (Å²) in [6.45, 7) is 4.21. The number of fused-ring (bicyclic) bond motifs is 1. The number of carbonyl (C=O) groups excluding carboxylic acids is 2. The van der Waals surface area contributed by atoms with Gasteiger partial charge >= 0.3 is 5.97 Å². The maximum absolute atomic E-state index is 13.3. The topological polar surface area (TPSA) is 100 Å². The minimum absolute atomic E-state index is 0.0120. The summed E-state index contributed by atoms with van der Waals surface area (Å²) in [5.41, 5.74) is 1.41. The van der Waals surface area contributed by atoms with E-state index in [0.717, 1.165) is 24.1 Å². The number of methoxy groups -OCH3 is 1. The van der Waals surface area contributed by atoms with E-state index in [1.165, 1.54) is 26.4 Å². The van der Waals surface area contributed by atoms with E-state index in [-0.39, 0.29) is 17.0 Å². The van der Waals surface area contributed by atoms with Crippen LogP contribution in [0.4, 0.5) is 0 Å². The summed E-state index contributed by atoms with van der Waals surface area (Å²) in [5.74, 6) is 0.00680. The Morgan fingerprint density at radius 2 is 2.00 bits per heavy atom. The lowest BCUT2D eigenvalue weighted by atomic mass is 9.89. The molecule has 3 rings (SSSR count). The smallest absolute Gasteiger partial charge is 0.328 e. The zero-order valence-electron chi connectivity index (χ0n) is 18.1. The van der Waals surface area contributed by atoms with E-state index in [0.29, 0.717) is 30.4 Å². The van der Waals surface area contributed by atoms with Crippen LogP contribution in [0.15, 0.2) is 10.9 Å². The third-order valence-electron chi connectivity index (χ3n) is 6.19. The Bertz CT molecular complexity index is 845. The number of carbonyl (C=O) groups is 2. The molecule has 0 saturated heterocycles. The maximum atomic E-state index is 13.3. The van der Waals surface area contributed by atoms with Crippen LogP contribution in [0.25, 0.3) is 0 Å². The molecular weight excluding hydrogens is 404 g/mol. The molecule has 2 atom stereocenters. The van der Waals surface area contributed by atoms with Crippen molar-refractivity contribution in [1.29, 1.82) is 0 Å². The Hall–Kier alpha value is -1.80. The van der Waals surface area contributed by atoms with Crippen molar-refractivity contribution in [1.82, 2.24) is 9.88 Å². The van der Waals surface area contributed by atoms with Crippen LogP contribution in [-0.2, 0) is 39.4 Å². The van der Waals surface area contributed by atoms with E-state index < -0.39 is 29.1 Å². The largest absolute Gasteiger partial charge is 0.616 e. The molecule has 0 aromatic carbocycles. The molecule has 1 aromatic heterocycles. The number of aromatic nitrogens is 1. The molecule has 30 heavy (non-hydrogen) atoms.